The molecule has 0 N–H and O–H groups in total. The highest BCUT2D eigenvalue weighted by Gasteiger charge is 2.12. The van der Waals surface area contributed by atoms with Crippen molar-refractivity contribution >= 4 is 21.7 Å². The van der Waals surface area contributed by atoms with E-state index >= 15 is 0 Å². The second-order valence-electron chi connectivity index (χ2n) is 3.55. The van der Waals surface area contributed by atoms with Crippen LogP contribution in [0.15, 0.2) is 47.1 Å². The Balaban J connectivity index is 2.21. The number of hydrogen-bond donors (Lipinski definition) is 0. The number of ketones is 1. The van der Waals surface area contributed by atoms with Crippen LogP contribution in [0.3, 0.4) is 0 Å². The Kier molecular flexibility index (Phi) is 3.64. The Labute approximate surface area is 107 Å². The van der Waals surface area contributed by atoms with Crippen LogP contribution in [0, 0.1) is 5.82 Å². The number of Topliss-reactive ketones (excluding diaryl/α,β-unsaturated/α-hetero) is 1. The highest BCUT2D eigenvalue weighted by atomic mass is 79.9. The van der Waals surface area contributed by atoms with Crippen molar-refractivity contribution in [3.8, 4) is 0 Å². The summed E-state index contributed by atoms with van der Waals surface area (Å²) in [5.74, 6) is -0.783. The van der Waals surface area contributed by atoms with Crippen LogP contribution in [0.4, 0.5) is 4.39 Å². The van der Waals surface area contributed by atoms with Gasteiger partial charge in [0.2, 0.25) is 0 Å². The first-order valence-corrected chi connectivity index (χ1v) is 5.84. The average molecular weight is 294 g/mol. The molecular formula is C13H9BrFNO. The molecule has 0 saturated heterocycles. The van der Waals surface area contributed by atoms with Crippen molar-refractivity contribution < 1.29 is 9.18 Å². The zero-order valence-electron chi connectivity index (χ0n) is 8.86. The lowest BCUT2D eigenvalue weighted by molar-refractivity contribution is 0.0988. The van der Waals surface area contributed by atoms with E-state index < -0.39 is 5.82 Å². The molecule has 17 heavy (non-hydrogen) atoms. The predicted octanol–water partition coefficient (Wildman–Crippen LogP) is 3.41. The number of rotatable bonds is 3. The number of hydrogen-bond acceptors (Lipinski definition) is 2. The van der Waals surface area contributed by atoms with Gasteiger partial charge >= 0.3 is 0 Å². The summed E-state index contributed by atoms with van der Waals surface area (Å²) in [7, 11) is 0. The zero-order valence-corrected chi connectivity index (χ0v) is 10.4. The molecule has 0 fully saturated rings. The summed E-state index contributed by atoms with van der Waals surface area (Å²) in [5.41, 5.74) is 0.735. The summed E-state index contributed by atoms with van der Waals surface area (Å²) >= 11 is 3.15. The van der Waals surface area contributed by atoms with Crippen LogP contribution in [0.25, 0.3) is 0 Å². The van der Waals surface area contributed by atoms with Crippen molar-refractivity contribution in [3.05, 3.63) is 64.1 Å². The van der Waals surface area contributed by atoms with Crippen LogP contribution in [-0.2, 0) is 6.42 Å². The van der Waals surface area contributed by atoms with Gasteiger partial charge in [-0.05, 0) is 30.3 Å². The summed E-state index contributed by atoms with van der Waals surface area (Å²) in [6.45, 7) is 0. The van der Waals surface area contributed by atoms with Gasteiger partial charge in [-0.2, -0.15) is 0 Å². The molecule has 2 rings (SSSR count). The first-order chi connectivity index (χ1) is 8.16. The van der Waals surface area contributed by atoms with Gasteiger partial charge < -0.3 is 0 Å². The van der Waals surface area contributed by atoms with Crippen LogP contribution >= 0.6 is 15.9 Å². The lowest BCUT2D eigenvalue weighted by Gasteiger charge is -2.02. The van der Waals surface area contributed by atoms with Crippen LogP contribution in [0.1, 0.15) is 16.1 Å². The Morgan fingerprint density at radius 1 is 1.29 bits per heavy atom. The zero-order chi connectivity index (χ0) is 12.3. The topological polar surface area (TPSA) is 30.0 Å². The third-order valence-electron chi connectivity index (χ3n) is 2.30. The predicted molar refractivity (Wildman–Crippen MR) is 66.4 cm³/mol. The van der Waals surface area contributed by atoms with Gasteiger partial charge in [-0.1, -0.05) is 22.0 Å². The smallest absolute Gasteiger partial charge is 0.171 e. The molecule has 0 atom stereocenters. The van der Waals surface area contributed by atoms with Crippen LogP contribution in [-0.4, -0.2) is 10.8 Å². The summed E-state index contributed by atoms with van der Waals surface area (Å²) in [6, 6.07) is 9.72. The Morgan fingerprint density at radius 3 is 2.76 bits per heavy atom. The quantitative estimate of drug-likeness (QED) is 0.812. The first kappa shape index (κ1) is 11.9. The van der Waals surface area contributed by atoms with Crippen LogP contribution in [0.2, 0.25) is 0 Å². The normalized spacial score (nSPS) is 10.2. The lowest BCUT2D eigenvalue weighted by Crippen LogP contribution is -2.07. The van der Waals surface area contributed by atoms with Gasteiger partial charge in [0, 0.05) is 16.4 Å². The van der Waals surface area contributed by atoms with E-state index in [1.807, 2.05) is 0 Å². The van der Waals surface area contributed by atoms with Gasteiger partial charge in [0.15, 0.2) is 5.78 Å². The van der Waals surface area contributed by atoms with Gasteiger partial charge in [-0.15, -0.1) is 0 Å². The molecule has 4 heteroatoms. The summed E-state index contributed by atoms with van der Waals surface area (Å²) in [5, 5.41) is 0. The largest absolute Gasteiger partial charge is 0.294 e. The molecule has 0 aliphatic heterocycles. The molecule has 0 unspecified atom stereocenters. The molecule has 0 amide bonds. The molecule has 0 aliphatic rings. The molecule has 0 aliphatic carbocycles. The van der Waals surface area contributed by atoms with Crippen LogP contribution in [0.5, 0.6) is 0 Å². The minimum Gasteiger partial charge on any atom is -0.294 e. The number of benzene rings is 1. The minimum absolute atomic E-state index is 0.0962. The number of halogens is 2. The molecule has 1 aromatic heterocycles. The van der Waals surface area contributed by atoms with Crippen molar-refractivity contribution in [1.29, 1.82) is 0 Å². The van der Waals surface area contributed by atoms with E-state index in [2.05, 4.69) is 20.9 Å². The second-order valence-corrected chi connectivity index (χ2v) is 4.46. The molecule has 0 spiro atoms. The average Bonchev–Trinajstić information content (AvgIpc) is 2.30. The van der Waals surface area contributed by atoms with Gasteiger partial charge in [0.1, 0.15) is 5.82 Å². The third-order valence-corrected chi connectivity index (χ3v) is 2.79. The molecule has 1 aromatic carbocycles. The molecule has 2 aromatic rings. The number of carbonyl (C=O) groups is 1. The van der Waals surface area contributed by atoms with Crippen molar-refractivity contribution in [1.82, 2.24) is 4.98 Å². The molecule has 0 saturated carbocycles. The maximum atomic E-state index is 13.5. The molecule has 2 nitrogen and oxygen atoms in total. The van der Waals surface area contributed by atoms with Crippen molar-refractivity contribution in [2.75, 3.05) is 0 Å². The van der Waals surface area contributed by atoms with E-state index in [-0.39, 0.29) is 17.8 Å². The fourth-order valence-electron chi connectivity index (χ4n) is 1.48. The first-order valence-electron chi connectivity index (χ1n) is 5.05. The second kappa shape index (κ2) is 5.19. The summed E-state index contributed by atoms with van der Waals surface area (Å²) in [4.78, 5) is 15.9. The number of nitrogens with zero attached hydrogens (tertiary/aromatic N) is 1. The van der Waals surface area contributed by atoms with Gasteiger partial charge in [-0.25, -0.2) is 4.39 Å². The molecular weight excluding hydrogens is 285 g/mol. The van der Waals surface area contributed by atoms with Gasteiger partial charge in [0.05, 0.1) is 12.0 Å². The fourth-order valence-corrected chi connectivity index (χ4v) is 1.81. The maximum Gasteiger partial charge on any atom is 0.171 e. The van der Waals surface area contributed by atoms with E-state index in [1.165, 1.54) is 12.1 Å². The summed E-state index contributed by atoms with van der Waals surface area (Å²) in [6.07, 6.45) is 1.72. The fraction of sp³-hybridized carbons (Fsp3) is 0.0769. The molecule has 86 valence electrons. The van der Waals surface area contributed by atoms with Crippen molar-refractivity contribution in [3.63, 3.8) is 0 Å². The Hall–Kier alpha value is -1.55. The van der Waals surface area contributed by atoms with Crippen molar-refractivity contribution in [2.45, 2.75) is 6.42 Å². The highest BCUT2D eigenvalue weighted by Crippen LogP contribution is 2.16. The van der Waals surface area contributed by atoms with E-state index in [9.17, 15) is 9.18 Å². The highest BCUT2D eigenvalue weighted by molar-refractivity contribution is 9.10. The summed E-state index contributed by atoms with van der Waals surface area (Å²) < 4.78 is 14.1. The van der Waals surface area contributed by atoms with Crippen LogP contribution < -0.4 is 0 Å². The van der Waals surface area contributed by atoms with Gasteiger partial charge in [-0.3, -0.25) is 9.78 Å². The number of carbonyl (C=O) groups excluding carboxylic acids is 1. The SMILES string of the molecule is O=C(Cc1ccccn1)c1ccc(Br)cc1F. The molecule has 0 bridgehead atoms. The lowest BCUT2D eigenvalue weighted by atomic mass is 10.1. The third kappa shape index (κ3) is 2.97. The molecule has 1 heterocycles. The number of pyridine rings is 1. The Morgan fingerprint density at radius 2 is 2.12 bits per heavy atom. The standard InChI is InChI=1S/C13H9BrFNO/c14-9-4-5-11(12(15)7-9)13(17)8-10-3-1-2-6-16-10/h1-7H,8H2. The van der Waals surface area contributed by atoms with E-state index in [0.29, 0.717) is 10.2 Å². The van der Waals surface area contributed by atoms with Crippen molar-refractivity contribution in [2.24, 2.45) is 0 Å². The van der Waals surface area contributed by atoms with E-state index in [4.69, 9.17) is 0 Å². The Bertz CT molecular complexity index is 542. The van der Waals surface area contributed by atoms with E-state index in [1.54, 1.807) is 30.5 Å². The van der Waals surface area contributed by atoms with E-state index in [0.717, 1.165) is 0 Å². The monoisotopic (exact) mass is 293 g/mol. The van der Waals surface area contributed by atoms with Gasteiger partial charge in [0.25, 0.3) is 0 Å². The minimum atomic E-state index is -0.514. The number of aromatic nitrogens is 1. The molecule has 0 radical (unpaired) electrons. The maximum absolute atomic E-state index is 13.5.